The topological polar surface area (TPSA) is 66.6 Å². The van der Waals surface area contributed by atoms with Crippen LogP contribution in [0.5, 0.6) is 0 Å². The number of aromatic nitrogens is 4. The van der Waals surface area contributed by atoms with Gasteiger partial charge in [-0.05, 0) is 36.4 Å². The quantitative estimate of drug-likeness (QED) is 0.468. The van der Waals surface area contributed by atoms with E-state index in [1.54, 1.807) is 30.6 Å². The summed E-state index contributed by atoms with van der Waals surface area (Å²) in [5.74, 6) is 0.924. The molecule has 3 aromatic heterocycles. The first-order valence-corrected chi connectivity index (χ1v) is 10.6. The average molecular weight is 453 g/mol. The number of nitrogens with zero attached hydrogens (tertiary/aromatic N) is 6. The van der Waals surface area contributed by atoms with Crippen molar-refractivity contribution in [2.75, 3.05) is 31.1 Å². The van der Waals surface area contributed by atoms with Gasteiger partial charge in [0.2, 0.25) is 11.8 Å². The minimum atomic E-state index is -0.119. The predicted molar refractivity (Wildman–Crippen MR) is 121 cm³/mol. The van der Waals surface area contributed by atoms with Crippen LogP contribution in [0.1, 0.15) is 10.6 Å². The van der Waals surface area contributed by atoms with E-state index in [2.05, 4.69) is 14.9 Å². The summed E-state index contributed by atoms with van der Waals surface area (Å²) in [5.41, 5.74) is 2.20. The Balaban J connectivity index is 1.45. The number of hydrogen-bond donors (Lipinski definition) is 0. The highest BCUT2D eigenvalue weighted by molar-refractivity contribution is 6.36. The number of carbonyl (C=O) groups excluding carboxylic acids is 1. The largest absolute Gasteiger partial charge is 0.337 e. The second kappa shape index (κ2) is 8.17. The summed E-state index contributed by atoms with van der Waals surface area (Å²) in [5, 5.41) is 1.04. The second-order valence-electron chi connectivity index (χ2n) is 7.19. The van der Waals surface area contributed by atoms with Crippen molar-refractivity contribution in [3.8, 4) is 11.3 Å². The number of benzene rings is 1. The summed E-state index contributed by atoms with van der Waals surface area (Å²) in [4.78, 5) is 30.6. The number of amides is 1. The van der Waals surface area contributed by atoms with Crippen LogP contribution in [0, 0.1) is 0 Å². The van der Waals surface area contributed by atoms with Crippen LogP contribution in [0.2, 0.25) is 10.0 Å². The molecule has 0 aliphatic carbocycles. The molecule has 1 saturated heterocycles. The lowest BCUT2D eigenvalue weighted by molar-refractivity contribution is 0.0733. The van der Waals surface area contributed by atoms with Gasteiger partial charge >= 0.3 is 0 Å². The maximum Gasteiger partial charge on any atom is 0.290 e. The molecule has 0 N–H and O–H groups in total. The van der Waals surface area contributed by atoms with E-state index in [0.717, 1.165) is 11.1 Å². The number of halogens is 2. The number of anilines is 1. The Bertz CT molecular complexity index is 1250. The molecule has 156 valence electrons. The van der Waals surface area contributed by atoms with Crippen molar-refractivity contribution in [2.45, 2.75) is 0 Å². The third kappa shape index (κ3) is 3.71. The van der Waals surface area contributed by atoms with Crippen molar-refractivity contribution >= 4 is 40.6 Å². The molecular weight excluding hydrogens is 435 g/mol. The highest BCUT2D eigenvalue weighted by atomic mass is 35.5. The minimum Gasteiger partial charge on any atom is -0.337 e. The molecule has 1 fully saturated rings. The standard InChI is InChI=1S/C22H18Cl2N6O/c23-15-5-6-16(17(24)14-15)19-18-4-1-2-9-30(18)20(27-19)21(31)28-10-12-29(13-11-28)22-25-7-3-8-26-22/h1-9,14H,10-13H2. The first kappa shape index (κ1) is 19.8. The van der Waals surface area contributed by atoms with E-state index < -0.39 is 0 Å². The molecule has 4 aromatic rings. The SMILES string of the molecule is O=C(c1nc(-c2ccc(Cl)cc2Cl)c2ccccn12)N1CCN(c2ncccn2)CC1. The summed E-state index contributed by atoms with van der Waals surface area (Å²) in [6, 6.07) is 12.8. The molecular formula is C22H18Cl2N6O. The van der Waals surface area contributed by atoms with Gasteiger partial charge in [-0.2, -0.15) is 0 Å². The number of rotatable bonds is 3. The lowest BCUT2D eigenvalue weighted by Gasteiger charge is -2.34. The molecule has 9 heteroatoms. The number of carbonyl (C=O) groups is 1. The van der Waals surface area contributed by atoms with Crippen molar-refractivity contribution in [1.29, 1.82) is 0 Å². The summed E-state index contributed by atoms with van der Waals surface area (Å²) in [6.45, 7) is 2.45. The Hall–Kier alpha value is -3.16. The van der Waals surface area contributed by atoms with E-state index in [4.69, 9.17) is 28.2 Å². The van der Waals surface area contributed by atoms with Gasteiger partial charge in [0.05, 0.1) is 16.2 Å². The van der Waals surface area contributed by atoms with E-state index in [1.807, 2.05) is 39.8 Å². The molecule has 1 aliphatic heterocycles. The fourth-order valence-corrected chi connectivity index (χ4v) is 4.27. The van der Waals surface area contributed by atoms with Gasteiger partial charge in [0, 0.05) is 55.4 Å². The molecule has 0 atom stereocenters. The molecule has 1 amide bonds. The van der Waals surface area contributed by atoms with E-state index in [1.165, 1.54) is 0 Å². The Labute approximate surface area is 188 Å². The van der Waals surface area contributed by atoms with Crippen LogP contribution >= 0.6 is 23.2 Å². The number of imidazole rings is 1. The number of pyridine rings is 1. The number of hydrogen-bond acceptors (Lipinski definition) is 5. The Kier molecular flexibility index (Phi) is 5.21. The van der Waals surface area contributed by atoms with Gasteiger partial charge in [-0.3, -0.25) is 9.20 Å². The molecule has 7 nitrogen and oxygen atoms in total. The highest BCUT2D eigenvalue weighted by Gasteiger charge is 2.27. The monoisotopic (exact) mass is 452 g/mol. The maximum atomic E-state index is 13.4. The van der Waals surface area contributed by atoms with Crippen molar-refractivity contribution in [1.82, 2.24) is 24.3 Å². The van der Waals surface area contributed by atoms with Crippen LogP contribution in [0.4, 0.5) is 5.95 Å². The molecule has 5 rings (SSSR count). The van der Waals surface area contributed by atoms with Crippen LogP contribution in [0.3, 0.4) is 0 Å². The predicted octanol–water partition coefficient (Wildman–Crippen LogP) is 4.06. The molecule has 0 unspecified atom stereocenters. The molecule has 0 saturated carbocycles. The van der Waals surface area contributed by atoms with Gasteiger partial charge < -0.3 is 9.80 Å². The number of piperazine rings is 1. The van der Waals surface area contributed by atoms with Crippen LogP contribution in [-0.2, 0) is 0 Å². The lowest BCUT2D eigenvalue weighted by Crippen LogP contribution is -2.49. The van der Waals surface area contributed by atoms with Gasteiger partial charge in [-0.25, -0.2) is 15.0 Å². The summed E-state index contributed by atoms with van der Waals surface area (Å²) in [6.07, 6.45) is 5.29. The summed E-state index contributed by atoms with van der Waals surface area (Å²) < 4.78 is 1.81. The molecule has 31 heavy (non-hydrogen) atoms. The third-order valence-electron chi connectivity index (χ3n) is 5.33. The Morgan fingerprint density at radius 1 is 0.935 bits per heavy atom. The normalized spacial score (nSPS) is 14.3. The smallest absolute Gasteiger partial charge is 0.290 e. The average Bonchev–Trinajstić information content (AvgIpc) is 3.19. The fraction of sp³-hybridized carbons (Fsp3) is 0.182. The first-order valence-electron chi connectivity index (χ1n) is 9.85. The van der Waals surface area contributed by atoms with Crippen LogP contribution < -0.4 is 4.90 Å². The lowest BCUT2D eigenvalue weighted by atomic mass is 10.1. The highest BCUT2D eigenvalue weighted by Crippen LogP contribution is 2.33. The fourth-order valence-electron chi connectivity index (χ4n) is 3.77. The van der Waals surface area contributed by atoms with Crippen molar-refractivity contribution in [3.05, 3.63) is 76.9 Å². The molecule has 0 bridgehead atoms. The third-order valence-corrected chi connectivity index (χ3v) is 5.88. The van der Waals surface area contributed by atoms with Crippen molar-refractivity contribution in [2.24, 2.45) is 0 Å². The van der Waals surface area contributed by atoms with Gasteiger partial charge in [0.15, 0.2) is 0 Å². The van der Waals surface area contributed by atoms with Crippen LogP contribution in [-0.4, -0.2) is 56.3 Å². The van der Waals surface area contributed by atoms with E-state index in [-0.39, 0.29) is 5.91 Å². The zero-order valence-corrected chi connectivity index (χ0v) is 18.0. The van der Waals surface area contributed by atoms with Crippen molar-refractivity contribution in [3.63, 3.8) is 0 Å². The molecule has 1 aliphatic rings. The minimum absolute atomic E-state index is 0.119. The van der Waals surface area contributed by atoms with Crippen LogP contribution in [0.25, 0.3) is 16.8 Å². The van der Waals surface area contributed by atoms with Gasteiger partial charge in [0.1, 0.15) is 0 Å². The Morgan fingerprint density at radius 2 is 1.71 bits per heavy atom. The van der Waals surface area contributed by atoms with Gasteiger partial charge in [-0.15, -0.1) is 0 Å². The van der Waals surface area contributed by atoms with Gasteiger partial charge in [-0.1, -0.05) is 29.3 Å². The van der Waals surface area contributed by atoms with Crippen molar-refractivity contribution < 1.29 is 4.79 Å². The molecule has 4 heterocycles. The van der Waals surface area contributed by atoms with E-state index in [9.17, 15) is 4.79 Å². The van der Waals surface area contributed by atoms with Crippen LogP contribution in [0.15, 0.2) is 61.1 Å². The number of fused-ring (bicyclic) bond motifs is 1. The van der Waals surface area contributed by atoms with E-state index >= 15 is 0 Å². The zero-order valence-electron chi connectivity index (χ0n) is 16.4. The molecule has 0 radical (unpaired) electrons. The summed E-state index contributed by atoms with van der Waals surface area (Å²) in [7, 11) is 0. The summed E-state index contributed by atoms with van der Waals surface area (Å²) >= 11 is 12.5. The van der Waals surface area contributed by atoms with E-state index in [0.29, 0.717) is 53.7 Å². The maximum absolute atomic E-state index is 13.4. The van der Waals surface area contributed by atoms with Gasteiger partial charge in [0.25, 0.3) is 5.91 Å². The molecule has 1 aromatic carbocycles. The Morgan fingerprint density at radius 3 is 2.45 bits per heavy atom. The zero-order chi connectivity index (χ0) is 21.4. The molecule has 0 spiro atoms. The second-order valence-corrected chi connectivity index (χ2v) is 8.04. The first-order chi connectivity index (χ1) is 15.1.